The summed E-state index contributed by atoms with van der Waals surface area (Å²) in [5.74, 6) is 2.74. The van der Waals surface area contributed by atoms with Gasteiger partial charge in [-0.3, -0.25) is 0 Å². The van der Waals surface area contributed by atoms with Crippen molar-refractivity contribution >= 4 is 24.4 Å². The molecule has 0 saturated heterocycles. The minimum Gasteiger partial charge on any atom is -0.392 e. The van der Waals surface area contributed by atoms with Gasteiger partial charge in [0, 0.05) is 11.5 Å². The van der Waals surface area contributed by atoms with E-state index in [2.05, 4.69) is 20.8 Å². The highest BCUT2D eigenvalue weighted by molar-refractivity contribution is 7.99. The molecule has 0 amide bonds. The number of hydrogen-bond donors (Lipinski definition) is 1. The summed E-state index contributed by atoms with van der Waals surface area (Å²) in [7, 11) is 0. The maximum absolute atomic E-state index is 9.64. The van der Waals surface area contributed by atoms with E-state index in [9.17, 15) is 5.11 Å². The van der Waals surface area contributed by atoms with Crippen molar-refractivity contribution in [3.63, 3.8) is 0 Å². The predicted octanol–water partition coefficient (Wildman–Crippen LogP) is 2.71. The van der Waals surface area contributed by atoms with Gasteiger partial charge in [0.05, 0.1) is 6.10 Å². The van der Waals surface area contributed by atoms with Gasteiger partial charge >= 0.3 is 0 Å². The molecule has 1 nitrogen and oxygen atoms in total. The Morgan fingerprint density at radius 1 is 1.42 bits per heavy atom. The fraction of sp³-hybridized carbons (Fsp3) is 1.00. The summed E-state index contributed by atoms with van der Waals surface area (Å²) in [5, 5.41) is 9.64. The average molecular weight is 207 g/mol. The van der Waals surface area contributed by atoms with Gasteiger partial charge in [-0.2, -0.15) is 11.8 Å². The molecule has 0 bridgehead atoms. The van der Waals surface area contributed by atoms with Crippen molar-refractivity contribution in [3.05, 3.63) is 0 Å². The van der Waals surface area contributed by atoms with E-state index >= 15 is 0 Å². The highest BCUT2D eigenvalue weighted by Crippen LogP contribution is 2.22. The average Bonchev–Trinajstić information content (AvgIpc) is 1.96. The Labute approximate surface area is 85.7 Å². The van der Waals surface area contributed by atoms with Crippen LogP contribution in [0.4, 0.5) is 0 Å². The molecule has 1 unspecified atom stereocenters. The Kier molecular flexibility index (Phi) is 6.50. The molecule has 0 heterocycles. The Hall–Kier alpha value is 0.660. The molecule has 0 spiro atoms. The first kappa shape index (κ1) is 12.7. The standard InChI is InChI=1S/C9H19OS2/c1-9(2,3)8(10)7-12-6-4-5-11/h8,10H,4-7H2,1-3H3. The molecule has 0 fully saturated rings. The van der Waals surface area contributed by atoms with Gasteiger partial charge in [0.2, 0.25) is 0 Å². The molecule has 0 aromatic rings. The van der Waals surface area contributed by atoms with Gasteiger partial charge in [0.1, 0.15) is 0 Å². The summed E-state index contributed by atoms with van der Waals surface area (Å²) in [6.45, 7) is 6.18. The SMILES string of the molecule is CC(C)(C)C(O)CSCCC[S]. The molecule has 0 aromatic carbocycles. The minimum atomic E-state index is -0.201. The summed E-state index contributed by atoms with van der Waals surface area (Å²) in [6.07, 6.45) is 0.879. The molecular formula is C9H19OS2. The lowest BCUT2D eigenvalue weighted by Gasteiger charge is -2.25. The maximum atomic E-state index is 9.64. The lowest BCUT2D eigenvalue weighted by molar-refractivity contribution is 0.0843. The summed E-state index contributed by atoms with van der Waals surface area (Å²) >= 11 is 6.62. The molecule has 1 N–H and O–H groups in total. The second-order valence-corrected chi connectivity index (χ2v) is 5.57. The van der Waals surface area contributed by atoms with E-state index in [-0.39, 0.29) is 11.5 Å². The zero-order chi connectivity index (χ0) is 9.61. The first-order valence-corrected chi connectivity index (χ1v) is 6.05. The monoisotopic (exact) mass is 207 g/mol. The van der Waals surface area contributed by atoms with Gasteiger partial charge in [0.25, 0.3) is 0 Å². The van der Waals surface area contributed by atoms with Crippen LogP contribution in [0.2, 0.25) is 0 Å². The molecule has 0 aliphatic heterocycles. The second kappa shape index (κ2) is 6.17. The number of rotatable bonds is 5. The van der Waals surface area contributed by atoms with Crippen LogP contribution in [0.5, 0.6) is 0 Å². The summed E-state index contributed by atoms with van der Waals surface area (Å²) in [6, 6.07) is 0. The minimum absolute atomic E-state index is 0.0148. The Bertz CT molecular complexity index is 110. The molecular weight excluding hydrogens is 188 g/mol. The van der Waals surface area contributed by atoms with Gasteiger partial charge in [-0.15, -0.1) is 0 Å². The van der Waals surface area contributed by atoms with E-state index in [0.717, 1.165) is 23.7 Å². The van der Waals surface area contributed by atoms with Gasteiger partial charge in [-0.25, -0.2) is 0 Å². The molecule has 73 valence electrons. The Morgan fingerprint density at radius 3 is 2.42 bits per heavy atom. The lowest BCUT2D eigenvalue weighted by atomic mass is 9.90. The number of thioether (sulfide) groups is 1. The molecule has 3 heteroatoms. The van der Waals surface area contributed by atoms with Crippen LogP contribution >= 0.6 is 24.4 Å². The van der Waals surface area contributed by atoms with Crippen LogP contribution in [0.3, 0.4) is 0 Å². The van der Waals surface area contributed by atoms with Crippen LogP contribution in [0.25, 0.3) is 0 Å². The summed E-state index contributed by atoms with van der Waals surface area (Å²) in [5.41, 5.74) is 0.0148. The molecule has 0 saturated carbocycles. The van der Waals surface area contributed by atoms with Crippen LogP contribution in [-0.4, -0.2) is 28.5 Å². The van der Waals surface area contributed by atoms with Crippen molar-refractivity contribution in [2.75, 3.05) is 17.3 Å². The van der Waals surface area contributed by atoms with E-state index < -0.39 is 0 Å². The number of hydrogen-bond acceptors (Lipinski definition) is 2. The number of aliphatic hydroxyl groups is 1. The molecule has 0 aromatic heterocycles. The normalized spacial score (nSPS) is 14.8. The van der Waals surface area contributed by atoms with Crippen LogP contribution in [0, 0.1) is 5.41 Å². The molecule has 0 rings (SSSR count). The smallest absolute Gasteiger partial charge is 0.0678 e. The lowest BCUT2D eigenvalue weighted by Crippen LogP contribution is -2.28. The van der Waals surface area contributed by atoms with Crippen molar-refractivity contribution in [2.24, 2.45) is 5.41 Å². The van der Waals surface area contributed by atoms with Crippen molar-refractivity contribution in [1.29, 1.82) is 0 Å². The van der Waals surface area contributed by atoms with Crippen LogP contribution in [-0.2, 0) is 0 Å². The van der Waals surface area contributed by atoms with E-state index in [1.807, 2.05) is 0 Å². The zero-order valence-electron chi connectivity index (χ0n) is 8.17. The van der Waals surface area contributed by atoms with Gasteiger partial charge < -0.3 is 5.11 Å². The van der Waals surface area contributed by atoms with E-state index in [4.69, 9.17) is 12.6 Å². The Balaban J connectivity index is 3.38. The third-order valence-electron chi connectivity index (χ3n) is 1.71. The fourth-order valence-electron chi connectivity index (χ4n) is 0.606. The first-order valence-electron chi connectivity index (χ1n) is 4.32. The van der Waals surface area contributed by atoms with Crippen molar-refractivity contribution in [2.45, 2.75) is 33.3 Å². The topological polar surface area (TPSA) is 20.2 Å². The second-order valence-electron chi connectivity index (χ2n) is 4.01. The van der Waals surface area contributed by atoms with Gasteiger partial charge in [-0.1, -0.05) is 33.4 Å². The van der Waals surface area contributed by atoms with Crippen LogP contribution in [0.1, 0.15) is 27.2 Å². The van der Waals surface area contributed by atoms with E-state index in [0.29, 0.717) is 0 Å². The summed E-state index contributed by atoms with van der Waals surface area (Å²) in [4.78, 5) is 0. The van der Waals surface area contributed by atoms with Gasteiger partial charge in [-0.05, 0) is 17.6 Å². The van der Waals surface area contributed by atoms with Crippen LogP contribution < -0.4 is 0 Å². The van der Waals surface area contributed by atoms with Crippen molar-refractivity contribution in [3.8, 4) is 0 Å². The molecule has 0 aliphatic carbocycles. The first-order chi connectivity index (χ1) is 5.48. The van der Waals surface area contributed by atoms with Crippen LogP contribution in [0.15, 0.2) is 0 Å². The Morgan fingerprint density at radius 2 is 2.00 bits per heavy atom. The molecule has 12 heavy (non-hydrogen) atoms. The third kappa shape index (κ3) is 6.21. The highest BCUT2D eigenvalue weighted by atomic mass is 32.2. The fourth-order valence-corrected chi connectivity index (χ4v) is 2.17. The largest absolute Gasteiger partial charge is 0.392 e. The zero-order valence-corrected chi connectivity index (χ0v) is 9.80. The third-order valence-corrected chi connectivity index (χ3v) is 3.13. The quantitative estimate of drug-likeness (QED) is 0.700. The molecule has 1 atom stereocenters. The van der Waals surface area contributed by atoms with Crippen molar-refractivity contribution < 1.29 is 5.11 Å². The molecule has 0 aliphatic rings. The summed E-state index contributed by atoms with van der Waals surface area (Å²) < 4.78 is 0. The van der Waals surface area contributed by atoms with E-state index in [1.54, 1.807) is 11.8 Å². The van der Waals surface area contributed by atoms with Gasteiger partial charge in [0.15, 0.2) is 0 Å². The molecule has 1 radical (unpaired) electrons. The maximum Gasteiger partial charge on any atom is 0.0678 e. The predicted molar refractivity (Wildman–Crippen MR) is 59.9 cm³/mol. The van der Waals surface area contributed by atoms with E-state index in [1.165, 1.54) is 0 Å². The van der Waals surface area contributed by atoms with Crippen molar-refractivity contribution in [1.82, 2.24) is 0 Å². The number of aliphatic hydroxyl groups excluding tert-OH is 1. The highest BCUT2D eigenvalue weighted by Gasteiger charge is 2.21.